The van der Waals surface area contributed by atoms with Gasteiger partial charge < -0.3 is 14.2 Å². The molecule has 0 amide bonds. The fourth-order valence-electron chi connectivity index (χ4n) is 2.90. The molecule has 0 aliphatic rings. The maximum Gasteiger partial charge on any atom is 0.352 e. The first-order valence-corrected chi connectivity index (χ1v) is 9.91. The molecule has 3 aromatic rings. The Morgan fingerprint density at radius 1 is 0.800 bits per heavy atom. The van der Waals surface area contributed by atoms with Crippen molar-refractivity contribution >= 4 is 11.9 Å². The van der Waals surface area contributed by atoms with Crippen LogP contribution in [-0.2, 0) is 9.53 Å². The molecule has 0 saturated carbocycles. The molecular weight excluding hydrogens is 380 g/mol. The van der Waals surface area contributed by atoms with E-state index in [1.807, 2.05) is 61.5 Å². The molecule has 0 heterocycles. The highest BCUT2D eigenvalue weighted by atomic mass is 16.6. The van der Waals surface area contributed by atoms with Gasteiger partial charge in [-0.15, -0.1) is 0 Å². The van der Waals surface area contributed by atoms with Gasteiger partial charge in [-0.2, -0.15) is 0 Å². The van der Waals surface area contributed by atoms with Gasteiger partial charge in [0.15, 0.2) is 6.10 Å². The number of esters is 2. The van der Waals surface area contributed by atoms with Crippen LogP contribution >= 0.6 is 0 Å². The van der Waals surface area contributed by atoms with Crippen LogP contribution in [0.5, 0.6) is 11.5 Å². The summed E-state index contributed by atoms with van der Waals surface area (Å²) in [7, 11) is 0. The van der Waals surface area contributed by atoms with Crippen LogP contribution in [0, 0.1) is 0 Å². The fraction of sp³-hybridized carbons (Fsp3) is 0.200. The van der Waals surface area contributed by atoms with Gasteiger partial charge in [0.05, 0.1) is 12.2 Å². The second-order valence-corrected chi connectivity index (χ2v) is 6.57. The molecule has 0 saturated heterocycles. The van der Waals surface area contributed by atoms with Gasteiger partial charge in [-0.25, -0.2) is 9.59 Å². The molecule has 5 heteroatoms. The molecule has 3 aromatic carbocycles. The Morgan fingerprint density at radius 2 is 1.50 bits per heavy atom. The lowest BCUT2D eigenvalue weighted by Crippen LogP contribution is -2.30. The summed E-state index contributed by atoms with van der Waals surface area (Å²) in [6.07, 6.45) is -0.324. The zero-order valence-corrected chi connectivity index (χ0v) is 17.0. The minimum absolute atomic E-state index is 0.270. The van der Waals surface area contributed by atoms with E-state index in [1.54, 1.807) is 25.1 Å². The lowest BCUT2D eigenvalue weighted by Gasteiger charge is -2.17. The van der Waals surface area contributed by atoms with E-state index in [0.29, 0.717) is 17.7 Å². The highest BCUT2D eigenvalue weighted by Gasteiger charge is 2.21. The number of carbonyl (C=O) groups is 2. The second kappa shape index (κ2) is 10.3. The van der Waals surface area contributed by atoms with Gasteiger partial charge in [0.1, 0.15) is 11.5 Å². The Balaban J connectivity index is 1.65. The molecule has 5 nitrogen and oxygen atoms in total. The highest BCUT2D eigenvalue weighted by Crippen LogP contribution is 2.23. The van der Waals surface area contributed by atoms with Crippen LogP contribution in [-0.4, -0.2) is 24.6 Å². The molecular formula is C25H24O5. The van der Waals surface area contributed by atoms with E-state index in [4.69, 9.17) is 14.2 Å². The zero-order chi connectivity index (χ0) is 21.3. The van der Waals surface area contributed by atoms with Crippen molar-refractivity contribution in [3.63, 3.8) is 0 Å². The molecule has 1 atom stereocenters. The van der Waals surface area contributed by atoms with Crippen LogP contribution in [0.4, 0.5) is 0 Å². The maximum atomic E-state index is 12.6. The van der Waals surface area contributed by atoms with E-state index in [-0.39, 0.29) is 12.4 Å². The summed E-state index contributed by atoms with van der Waals surface area (Å²) in [5, 5.41) is 0. The third-order valence-corrected chi connectivity index (χ3v) is 4.44. The van der Waals surface area contributed by atoms with E-state index in [9.17, 15) is 9.59 Å². The minimum atomic E-state index is -0.765. The summed E-state index contributed by atoms with van der Waals surface area (Å²) in [6.45, 7) is 3.86. The summed E-state index contributed by atoms with van der Waals surface area (Å²) in [4.78, 5) is 24.4. The normalized spacial score (nSPS) is 11.4. The quantitative estimate of drug-likeness (QED) is 0.377. The van der Waals surface area contributed by atoms with Crippen LogP contribution in [0.3, 0.4) is 0 Å². The molecule has 0 aromatic heterocycles. The number of carbonyl (C=O) groups excluding carboxylic acids is 2. The van der Waals surface area contributed by atoms with Crippen LogP contribution < -0.4 is 9.47 Å². The van der Waals surface area contributed by atoms with Crippen molar-refractivity contribution in [2.24, 2.45) is 0 Å². The van der Waals surface area contributed by atoms with Gasteiger partial charge in [-0.3, -0.25) is 0 Å². The molecule has 0 fully saturated rings. The summed E-state index contributed by atoms with van der Waals surface area (Å²) >= 11 is 0. The lowest BCUT2D eigenvalue weighted by atomic mass is 10.1. The van der Waals surface area contributed by atoms with Gasteiger partial charge >= 0.3 is 11.9 Å². The first-order chi connectivity index (χ1) is 14.6. The number of hydrogen-bond acceptors (Lipinski definition) is 5. The summed E-state index contributed by atoms with van der Waals surface area (Å²) in [5.41, 5.74) is 2.50. The summed E-state index contributed by atoms with van der Waals surface area (Å²) < 4.78 is 16.2. The van der Waals surface area contributed by atoms with E-state index >= 15 is 0 Å². The van der Waals surface area contributed by atoms with Crippen molar-refractivity contribution < 1.29 is 23.8 Å². The van der Waals surface area contributed by atoms with Crippen molar-refractivity contribution in [2.45, 2.75) is 26.4 Å². The SMILES string of the molecule is CCOC(=O)c1cccc(OC(=O)C(CC)Oc2ccc(-c3ccccc3)cc2)c1. The Morgan fingerprint density at radius 3 is 2.17 bits per heavy atom. The van der Waals surface area contributed by atoms with Crippen LogP contribution in [0.2, 0.25) is 0 Å². The molecule has 0 radical (unpaired) electrons. The molecule has 0 aliphatic carbocycles. The van der Waals surface area contributed by atoms with Crippen LogP contribution in [0.15, 0.2) is 78.9 Å². The first-order valence-electron chi connectivity index (χ1n) is 9.91. The highest BCUT2D eigenvalue weighted by molar-refractivity contribution is 5.90. The van der Waals surface area contributed by atoms with Crippen molar-refractivity contribution in [1.82, 2.24) is 0 Å². The minimum Gasteiger partial charge on any atom is -0.479 e. The van der Waals surface area contributed by atoms with Crippen molar-refractivity contribution in [3.8, 4) is 22.6 Å². The van der Waals surface area contributed by atoms with E-state index < -0.39 is 18.0 Å². The standard InChI is InChI=1S/C25H24O5/c1-3-23(25(27)30-22-12-8-11-20(17-22)24(26)28-4-2)29-21-15-13-19(14-16-21)18-9-6-5-7-10-18/h5-17,23H,3-4H2,1-2H3. The average Bonchev–Trinajstić information content (AvgIpc) is 2.78. The largest absolute Gasteiger partial charge is 0.479 e. The van der Waals surface area contributed by atoms with E-state index in [2.05, 4.69) is 0 Å². The number of benzene rings is 3. The topological polar surface area (TPSA) is 61.8 Å². The Hall–Kier alpha value is -3.60. The summed E-state index contributed by atoms with van der Waals surface area (Å²) in [5.74, 6) is -0.131. The monoisotopic (exact) mass is 404 g/mol. The Kier molecular flexibility index (Phi) is 7.22. The molecule has 0 spiro atoms. The molecule has 30 heavy (non-hydrogen) atoms. The van der Waals surface area contributed by atoms with Crippen molar-refractivity contribution in [2.75, 3.05) is 6.61 Å². The molecule has 1 unspecified atom stereocenters. The van der Waals surface area contributed by atoms with Gasteiger partial charge in [0.25, 0.3) is 0 Å². The summed E-state index contributed by atoms with van der Waals surface area (Å²) in [6, 6.07) is 23.9. The van der Waals surface area contributed by atoms with Crippen molar-refractivity contribution in [1.29, 1.82) is 0 Å². The van der Waals surface area contributed by atoms with Crippen molar-refractivity contribution in [3.05, 3.63) is 84.4 Å². The number of ether oxygens (including phenoxy) is 3. The first kappa shape index (κ1) is 21.1. The smallest absolute Gasteiger partial charge is 0.352 e. The number of hydrogen-bond donors (Lipinski definition) is 0. The fourth-order valence-corrected chi connectivity index (χ4v) is 2.90. The molecule has 0 aliphatic heterocycles. The Labute approximate surface area is 176 Å². The zero-order valence-electron chi connectivity index (χ0n) is 17.0. The van der Waals surface area contributed by atoms with Gasteiger partial charge in [0.2, 0.25) is 0 Å². The van der Waals surface area contributed by atoms with Gasteiger partial charge in [-0.05, 0) is 54.8 Å². The average molecular weight is 404 g/mol. The molecule has 0 bridgehead atoms. The molecule has 154 valence electrons. The molecule has 0 N–H and O–H groups in total. The lowest BCUT2D eigenvalue weighted by molar-refractivity contribution is -0.142. The van der Waals surface area contributed by atoms with Crippen LogP contribution in [0.1, 0.15) is 30.6 Å². The second-order valence-electron chi connectivity index (χ2n) is 6.57. The van der Waals surface area contributed by atoms with Crippen LogP contribution in [0.25, 0.3) is 11.1 Å². The predicted octanol–water partition coefficient (Wildman–Crippen LogP) is 5.29. The van der Waals surface area contributed by atoms with E-state index in [1.165, 1.54) is 6.07 Å². The van der Waals surface area contributed by atoms with Gasteiger partial charge in [-0.1, -0.05) is 55.5 Å². The maximum absolute atomic E-state index is 12.6. The third kappa shape index (κ3) is 5.47. The van der Waals surface area contributed by atoms with Gasteiger partial charge in [0, 0.05) is 0 Å². The Bertz CT molecular complexity index is 980. The number of rotatable bonds is 8. The predicted molar refractivity (Wildman–Crippen MR) is 115 cm³/mol. The third-order valence-electron chi connectivity index (χ3n) is 4.44. The van der Waals surface area contributed by atoms with E-state index in [0.717, 1.165) is 11.1 Å². The molecule has 3 rings (SSSR count).